The van der Waals surface area contributed by atoms with E-state index in [1.165, 1.54) is 11.1 Å². The molecule has 0 heterocycles. The van der Waals surface area contributed by atoms with Crippen LogP contribution in [0.25, 0.3) is 0 Å². The van der Waals surface area contributed by atoms with E-state index in [0.29, 0.717) is 12.5 Å². The van der Waals surface area contributed by atoms with Crippen LogP contribution in [-0.4, -0.2) is 65.2 Å². The summed E-state index contributed by atoms with van der Waals surface area (Å²) in [6, 6.07) is 12.3. The lowest BCUT2D eigenvalue weighted by molar-refractivity contribution is 0.256. The maximum absolute atomic E-state index is 5.59. The van der Waals surface area contributed by atoms with Crippen molar-refractivity contribution >= 4 is 17.4 Å². The Balaban J connectivity index is 2.10. The zero-order chi connectivity index (χ0) is 25.8. The lowest BCUT2D eigenvalue weighted by Crippen LogP contribution is -2.37. The maximum atomic E-state index is 5.59. The predicted molar refractivity (Wildman–Crippen MR) is 146 cm³/mol. The van der Waals surface area contributed by atoms with Crippen molar-refractivity contribution in [2.75, 3.05) is 55.1 Å². The van der Waals surface area contributed by atoms with Gasteiger partial charge in [-0.2, -0.15) is 0 Å². The van der Waals surface area contributed by atoms with Gasteiger partial charge in [0.05, 0.1) is 40.1 Å². The number of ether oxygens (including phenoxy) is 4. The fourth-order valence-corrected chi connectivity index (χ4v) is 4.64. The minimum Gasteiger partial charge on any atom is -0.493 e. The molecule has 0 amide bonds. The number of methoxy groups -OCH3 is 4. The van der Waals surface area contributed by atoms with Crippen molar-refractivity contribution in [3.8, 4) is 23.0 Å². The zero-order valence-corrected chi connectivity index (χ0v) is 23.0. The Bertz CT molecular complexity index is 991. The summed E-state index contributed by atoms with van der Waals surface area (Å²) in [4.78, 5) is 6.78. The maximum Gasteiger partial charge on any atom is 0.161 e. The first kappa shape index (κ1) is 28.6. The first-order valence-electron chi connectivity index (χ1n) is 12.0. The Kier molecular flexibility index (Phi) is 11.5. The van der Waals surface area contributed by atoms with E-state index in [1.807, 2.05) is 12.1 Å². The van der Waals surface area contributed by atoms with Crippen molar-refractivity contribution in [3.63, 3.8) is 0 Å². The van der Waals surface area contributed by atoms with Crippen LogP contribution in [-0.2, 0) is 11.8 Å². The van der Waals surface area contributed by atoms with Crippen LogP contribution in [0, 0.1) is 5.92 Å². The minimum atomic E-state index is -0.171. The van der Waals surface area contributed by atoms with Gasteiger partial charge < -0.3 is 23.8 Å². The number of aliphatic imine (C=N–C) groups is 1. The van der Waals surface area contributed by atoms with Crippen molar-refractivity contribution in [2.45, 2.75) is 38.5 Å². The molecule has 0 aliphatic rings. The molecule has 0 bridgehead atoms. The van der Waals surface area contributed by atoms with Crippen LogP contribution < -0.4 is 18.9 Å². The summed E-state index contributed by atoms with van der Waals surface area (Å²) in [5, 5.41) is 2.58. The lowest BCUT2D eigenvalue weighted by atomic mass is 9.68. The van der Waals surface area contributed by atoms with Gasteiger partial charge in [-0.15, -0.1) is 0 Å². The molecule has 0 saturated heterocycles. The molecular weight excluding hydrogens is 460 g/mol. The summed E-state index contributed by atoms with van der Waals surface area (Å²) in [5.41, 5.74) is 2.24. The standard InChI is InChI=1S/C28H40N2O4S/c1-21(2)28(19-29-20-35,23-10-12-25(32-5)27(18-23)34-7)14-8-15-30(3)16-13-22-9-11-24(31-4)26(17-22)33-6/h9-12,17-18,21H,8,13-16,19H2,1-7H3. The van der Waals surface area contributed by atoms with Crippen molar-refractivity contribution in [2.24, 2.45) is 10.9 Å². The van der Waals surface area contributed by atoms with Crippen molar-refractivity contribution in [1.29, 1.82) is 0 Å². The normalized spacial score (nSPS) is 12.7. The van der Waals surface area contributed by atoms with E-state index in [1.54, 1.807) is 28.4 Å². The first-order valence-corrected chi connectivity index (χ1v) is 12.4. The lowest BCUT2D eigenvalue weighted by Gasteiger charge is -2.37. The first-order chi connectivity index (χ1) is 16.8. The molecule has 2 aromatic rings. The molecule has 1 unspecified atom stereocenters. The van der Waals surface area contributed by atoms with Gasteiger partial charge in [-0.25, -0.2) is 4.99 Å². The SMILES string of the molecule is COc1ccc(CCN(C)CCCC(CN=C=S)(c2ccc(OC)c(OC)c2)C(C)C)cc1OC. The van der Waals surface area contributed by atoms with E-state index in [0.717, 1.165) is 55.4 Å². The molecule has 0 spiro atoms. The quantitative estimate of drug-likeness (QED) is 0.232. The van der Waals surface area contributed by atoms with Crippen LogP contribution in [0.15, 0.2) is 41.4 Å². The molecule has 7 heteroatoms. The number of benzene rings is 2. The van der Waals surface area contributed by atoms with Gasteiger partial charge in [-0.3, -0.25) is 0 Å². The molecule has 0 N–H and O–H groups in total. The van der Waals surface area contributed by atoms with E-state index >= 15 is 0 Å². The van der Waals surface area contributed by atoms with Crippen molar-refractivity contribution < 1.29 is 18.9 Å². The van der Waals surface area contributed by atoms with Crippen LogP contribution in [0.1, 0.15) is 37.8 Å². The molecule has 0 radical (unpaired) electrons. The Morgan fingerprint density at radius 3 is 2.06 bits per heavy atom. The van der Waals surface area contributed by atoms with E-state index < -0.39 is 0 Å². The average Bonchev–Trinajstić information content (AvgIpc) is 2.88. The highest BCUT2D eigenvalue weighted by atomic mass is 32.1. The Morgan fingerprint density at radius 1 is 0.886 bits per heavy atom. The van der Waals surface area contributed by atoms with Crippen LogP contribution in [0.3, 0.4) is 0 Å². The number of nitrogens with zero attached hydrogens (tertiary/aromatic N) is 2. The van der Waals surface area contributed by atoms with Gasteiger partial charge in [0, 0.05) is 12.0 Å². The van der Waals surface area contributed by atoms with Crippen LogP contribution >= 0.6 is 12.2 Å². The van der Waals surface area contributed by atoms with Crippen LogP contribution in [0.2, 0.25) is 0 Å². The number of hydrogen-bond donors (Lipinski definition) is 0. The molecule has 1 atom stereocenters. The summed E-state index contributed by atoms with van der Waals surface area (Å²) >= 11 is 4.93. The van der Waals surface area contributed by atoms with Gasteiger partial charge in [0.2, 0.25) is 0 Å². The predicted octanol–water partition coefficient (Wildman–Crippen LogP) is 5.67. The third kappa shape index (κ3) is 7.44. The van der Waals surface area contributed by atoms with Gasteiger partial charge in [-0.05, 0) is 86.4 Å². The molecule has 2 aromatic carbocycles. The summed E-state index contributed by atoms with van der Waals surface area (Å²) < 4.78 is 21.8. The summed E-state index contributed by atoms with van der Waals surface area (Å²) in [7, 11) is 8.82. The van der Waals surface area contributed by atoms with E-state index in [2.05, 4.69) is 60.2 Å². The molecular formula is C28H40N2O4S. The number of rotatable bonds is 15. The van der Waals surface area contributed by atoms with Gasteiger partial charge in [0.15, 0.2) is 23.0 Å². The molecule has 0 fully saturated rings. The monoisotopic (exact) mass is 500 g/mol. The molecule has 0 saturated carbocycles. The minimum absolute atomic E-state index is 0.171. The Morgan fingerprint density at radius 2 is 1.49 bits per heavy atom. The summed E-state index contributed by atoms with van der Waals surface area (Å²) in [6.45, 7) is 7.03. The molecule has 0 aliphatic carbocycles. The largest absolute Gasteiger partial charge is 0.493 e. The zero-order valence-electron chi connectivity index (χ0n) is 22.2. The van der Waals surface area contributed by atoms with Gasteiger partial charge in [-0.1, -0.05) is 26.0 Å². The molecule has 0 aromatic heterocycles. The number of isothiocyanates is 1. The fourth-order valence-electron chi connectivity index (χ4n) is 4.57. The average molecular weight is 501 g/mol. The van der Waals surface area contributed by atoms with Crippen molar-refractivity contribution in [1.82, 2.24) is 4.90 Å². The highest BCUT2D eigenvalue weighted by molar-refractivity contribution is 7.78. The Labute approximate surface area is 216 Å². The van der Waals surface area contributed by atoms with E-state index in [4.69, 9.17) is 31.2 Å². The molecule has 2 rings (SSSR count). The summed E-state index contributed by atoms with van der Waals surface area (Å²) in [6.07, 6.45) is 2.94. The van der Waals surface area contributed by atoms with Gasteiger partial charge in [0.1, 0.15) is 0 Å². The third-order valence-corrected chi connectivity index (χ3v) is 7.01. The number of thiocarbonyl (C=S) groups is 1. The van der Waals surface area contributed by atoms with Crippen LogP contribution in [0.5, 0.6) is 23.0 Å². The van der Waals surface area contributed by atoms with Gasteiger partial charge in [0.25, 0.3) is 0 Å². The number of hydrogen-bond acceptors (Lipinski definition) is 7. The highest BCUT2D eigenvalue weighted by Gasteiger charge is 2.36. The van der Waals surface area contributed by atoms with Gasteiger partial charge >= 0.3 is 0 Å². The van der Waals surface area contributed by atoms with E-state index in [9.17, 15) is 0 Å². The topological polar surface area (TPSA) is 52.5 Å². The van der Waals surface area contributed by atoms with E-state index in [-0.39, 0.29) is 5.41 Å². The third-order valence-electron chi connectivity index (χ3n) is 6.88. The number of likely N-dealkylation sites (N-methyl/N-ethyl adjacent to an activating group) is 1. The molecule has 6 nitrogen and oxygen atoms in total. The van der Waals surface area contributed by atoms with Crippen LogP contribution in [0.4, 0.5) is 0 Å². The second kappa shape index (κ2) is 14.1. The second-order valence-corrected chi connectivity index (χ2v) is 9.32. The molecule has 35 heavy (non-hydrogen) atoms. The van der Waals surface area contributed by atoms with Crippen molar-refractivity contribution in [3.05, 3.63) is 47.5 Å². The fraction of sp³-hybridized carbons (Fsp3) is 0.536. The molecule has 192 valence electrons. The Hall–Kier alpha value is -2.60. The summed E-state index contributed by atoms with van der Waals surface area (Å²) in [5.74, 6) is 3.33. The smallest absolute Gasteiger partial charge is 0.161 e. The highest BCUT2D eigenvalue weighted by Crippen LogP contribution is 2.41. The molecule has 0 aliphatic heterocycles. The second-order valence-electron chi connectivity index (χ2n) is 9.13.